The number of benzene rings is 2. The van der Waals surface area contributed by atoms with Crippen LogP contribution in [-0.2, 0) is 24.2 Å². The summed E-state index contributed by atoms with van der Waals surface area (Å²) in [4.78, 5) is 48.0. The van der Waals surface area contributed by atoms with Crippen molar-refractivity contribution in [1.82, 2.24) is 14.9 Å². The number of aryl methyl sites for hydroxylation is 1. The van der Waals surface area contributed by atoms with Crippen molar-refractivity contribution in [3.63, 3.8) is 0 Å². The van der Waals surface area contributed by atoms with Gasteiger partial charge in [0.05, 0.1) is 38.3 Å². The first-order chi connectivity index (χ1) is 23.7. The highest BCUT2D eigenvalue weighted by atomic mass is 79.9. The maximum atomic E-state index is 14.3. The Morgan fingerprint density at radius 2 is 1.78 bits per heavy atom. The third-order valence-electron chi connectivity index (χ3n) is 9.51. The molecule has 11 nitrogen and oxygen atoms in total. The first-order valence-corrected chi connectivity index (χ1v) is 18.2. The highest BCUT2D eigenvalue weighted by Gasteiger charge is 2.36. The van der Waals surface area contributed by atoms with Crippen molar-refractivity contribution >= 4 is 61.5 Å². The second kappa shape index (κ2) is 13.9. The lowest BCUT2D eigenvalue weighted by atomic mass is 9.91. The van der Waals surface area contributed by atoms with Crippen LogP contribution in [0.25, 0.3) is 0 Å². The number of aromatic nitrogens is 2. The number of methoxy groups -OCH3 is 2. The van der Waals surface area contributed by atoms with Crippen LogP contribution >= 0.6 is 27.3 Å². The molecular formula is C36H39BrN6O5S. The zero-order valence-electron chi connectivity index (χ0n) is 27.5. The van der Waals surface area contributed by atoms with Crippen LogP contribution in [0.4, 0.5) is 16.5 Å². The van der Waals surface area contributed by atoms with Crippen LogP contribution in [0.5, 0.6) is 11.5 Å². The number of rotatable bonds is 12. The maximum Gasteiger partial charge on any atom is 0.281 e. The molecule has 1 atom stereocenters. The zero-order chi connectivity index (χ0) is 34.2. The van der Waals surface area contributed by atoms with E-state index in [0.29, 0.717) is 45.4 Å². The smallest absolute Gasteiger partial charge is 0.281 e. The number of nitrogens with two attached hydrogens (primary N) is 1. The van der Waals surface area contributed by atoms with Gasteiger partial charge in [0.1, 0.15) is 22.3 Å². The first-order valence-electron chi connectivity index (χ1n) is 16.6. The third kappa shape index (κ3) is 7.04. The number of fused-ring (bicyclic) bond motifs is 1. The van der Waals surface area contributed by atoms with E-state index < -0.39 is 0 Å². The SMILES string of the molecule is COc1ccc(CN(C(=O)c2ncn([C@H]3CCc4sc(NC(=O)C5CC5)c(C(=O)NCC5CC5)c4C3)c2N)c2ccc(OC)cc2Br)cc1. The molecule has 0 unspecified atom stereocenters. The van der Waals surface area contributed by atoms with Gasteiger partial charge in [0.15, 0.2) is 5.69 Å². The minimum absolute atomic E-state index is 0.0175. The van der Waals surface area contributed by atoms with E-state index in [1.54, 1.807) is 31.5 Å². The normalized spacial score (nSPS) is 16.8. The van der Waals surface area contributed by atoms with E-state index in [2.05, 4.69) is 31.5 Å². The lowest BCUT2D eigenvalue weighted by molar-refractivity contribution is -0.117. The Morgan fingerprint density at radius 1 is 1.04 bits per heavy atom. The van der Waals surface area contributed by atoms with Crippen LogP contribution in [0.1, 0.15) is 75.0 Å². The minimum atomic E-state index is -0.352. The molecule has 256 valence electrons. The molecule has 2 saturated carbocycles. The van der Waals surface area contributed by atoms with Crippen molar-refractivity contribution in [3.8, 4) is 11.5 Å². The number of hydrogen-bond acceptors (Lipinski definition) is 8. The fraction of sp³-hybridized carbons (Fsp3) is 0.389. The van der Waals surface area contributed by atoms with E-state index >= 15 is 0 Å². The molecule has 3 aliphatic carbocycles. The molecule has 13 heteroatoms. The Kier molecular flexibility index (Phi) is 9.38. The summed E-state index contributed by atoms with van der Waals surface area (Å²) in [6.07, 6.45) is 7.66. The predicted octanol–water partition coefficient (Wildman–Crippen LogP) is 6.37. The molecule has 0 radical (unpaired) electrons. The van der Waals surface area contributed by atoms with Gasteiger partial charge in [-0.25, -0.2) is 4.98 Å². The standard InChI is InChI=1S/C36H39BrN6O5S/c1-47-24-10-5-21(6-11-24)18-42(28-13-12-25(48-2)16-27(28)37)36(46)31-32(38)43(19-40-31)23-9-14-29-26(15-23)30(34(45)39-17-20-3-4-20)35(49-29)41-33(44)22-7-8-22/h5-6,10-13,16,19-20,22-23H,3-4,7-9,14-15,17-18,38H2,1-2H3,(H,39,45)(H,41,44)/t23-/m0/s1. The largest absolute Gasteiger partial charge is 0.497 e. The number of carbonyl (C=O) groups is 3. The van der Waals surface area contributed by atoms with Crippen molar-refractivity contribution in [2.75, 3.05) is 36.7 Å². The summed E-state index contributed by atoms with van der Waals surface area (Å²) in [6.45, 7) is 0.899. The number of nitrogen functional groups attached to an aromatic ring is 1. The molecule has 4 aromatic rings. The number of hydrogen-bond donors (Lipinski definition) is 3. The van der Waals surface area contributed by atoms with Gasteiger partial charge in [-0.15, -0.1) is 11.3 Å². The highest BCUT2D eigenvalue weighted by molar-refractivity contribution is 9.10. The van der Waals surface area contributed by atoms with Crippen LogP contribution in [0.15, 0.2) is 53.3 Å². The average Bonchev–Trinajstić information content (AvgIpc) is 4.05. The van der Waals surface area contributed by atoms with Gasteiger partial charge in [-0.2, -0.15) is 0 Å². The number of ether oxygens (including phenoxy) is 2. The van der Waals surface area contributed by atoms with Crippen molar-refractivity contribution in [1.29, 1.82) is 0 Å². The van der Waals surface area contributed by atoms with Crippen molar-refractivity contribution in [2.24, 2.45) is 11.8 Å². The second-order valence-corrected chi connectivity index (χ2v) is 14.9. The molecule has 2 heterocycles. The lowest BCUT2D eigenvalue weighted by Gasteiger charge is -2.26. The van der Waals surface area contributed by atoms with Crippen LogP contribution in [-0.4, -0.2) is 48.0 Å². The number of thiophene rings is 1. The summed E-state index contributed by atoms with van der Waals surface area (Å²) in [6, 6.07) is 12.9. The molecule has 49 heavy (non-hydrogen) atoms. The topological polar surface area (TPSA) is 141 Å². The quantitative estimate of drug-likeness (QED) is 0.153. The molecule has 7 rings (SSSR count). The van der Waals surface area contributed by atoms with Gasteiger partial charge in [-0.3, -0.25) is 14.4 Å². The summed E-state index contributed by atoms with van der Waals surface area (Å²) < 4.78 is 13.2. The zero-order valence-corrected chi connectivity index (χ0v) is 29.9. The Bertz CT molecular complexity index is 1900. The number of imidazole rings is 1. The Balaban J connectivity index is 1.17. The predicted molar refractivity (Wildman–Crippen MR) is 193 cm³/mol. The Morgan fingerprint density at radius 3 is 2.45 bits per heavy atom. The number of nitrogens with one attached hydrogen (secondary N) is 2. The molecule has 0 saturated heterocycles. The first kappa shape index (κ1) is 33.2. The maximum absolute atomic E-state index is 14.3. The molecule has 3 aliphatic rings. The van der Waals surface area contributed by atoms with E-state index in [-0.39, 0.29) is 47.7 Å². The number of carbonyl (C=O) groups excluding carboxylic acids is 3. The van der Waals surface area contributed by atoms with Gasteiger partial charge in [-0.1, -0.05) is 12.1 Å². The van der Waals surface area contributed by atoms with Crippen LogP contribution in [0.3, 0.4) is 0 Å². The Labute approximate surface area is 297 Å². The van der Waals surface area contributed by atoms with Crippen LogP contribution < -0.4 is 30.7 Å². The number of halogens is 1. The number of anilines is 3. The van der Waals surface area contributed by atoms with Gasteiger partial charge in [0.25, 0.3) is 11.8 Å². The van der Waals surface area contributed by atoms with E-state index in [9.17, 15) is 14.4 Å². The highest BCUT2D eigenvalue weighted by Crippen LogP contribution is 2.43. The van der Waals surface area contributed by atoms with Gasteiger partial charge in [0.2, 0.25) is 5.91 Å². The molecule has 3 amide bonds. The van der Waals surface area contributed by atoms with Gasteiger partial charge < -0.3 is 35.3 Å². The average molecular weight is 748 g/mol. The molecular weight excluding hydrogens is 708 g/mol. The van der Waals surface area contributed by atoms with Crippen molar-refractivity contribution in [2.45, 2.75) is 57.5 Å². The summed E-state index contributed by atoms with van der Waals surface area (Å²) in [5, 5.41) is 6.81. The molecule has 2 aromatic heterocycles. The van der Waals surface area contributed by atoms with E-state index in [1.165, 1.54) is 11.3 Å². The summed E-state index contributed by atoms with van der Waals surface area (Å²) in [5.41, 5.74) is 9.92. The summed E-state index contributed by atoms with van der Waals surface area (Å²) in [7, 11) is 3.20. The van der Waals surface area contributed by atoms with Gasteiger partial charge in [0, 0.05) is 27.9 Å². The van der Waals surface area contributed by atoms with Crippen molar-refractivity contribution in [3.05, 3.63) is 80.5 Å². The van der Waals surface area contributed by atoms with Gasteiger partial charge >= 0.3 is 0 Å². The van der Waals surface area contributed by atoms with E-state index in [1.807, 2.05) is 41.0 Å². The summed E-state index contributed by atoms with van der Waals surface area (Å²) >= 11 is 5.13. The molecule has 2 aromatic carbocycles. The van der Waals surface area contributed by atoms with Crippen molar-refractivity contribution < 1.29 is 23.9 Å². The lowest BCUT2D eigenvalue weighted by Crippen LogP contribution is -2.32. The Hall–Kier alpha value is -4.36. The molecule has 2 fully saturated rings. The van der Waals surface area contributed by atoms with Gasteiger partial charge in [-0.05, 0) is 108 Å². The number of amides is 3. The third-order valence-corrected chi connectivity index (χ3v) is 11.4. The fourth-order valence-electron chi connectivity index (χ4n) is 6.31. The minimum Gasteiger partial charge on any atom is -0.497 e. The van der Waals surface area contributed by atoms with E-state index in [0.717, 1.165) is 60.3 Å². The van der Waals surface area contributed by atoms with Crippen LogP contribution in [0, 0.1) is 11.8 Å². The number of nitrogens with zero attached hydrogens (tertiary/aromatic N) is 3. The fourth-order valence-corrected chi connectivity index (χ4v) is 8.12. The molecule has 0 spiro atoms. The monoisotopic (exact) mass is 746 g/mol. The van der Waals surface area contributed by atoms with Crippen LogP contribution in [0.2, 0.25) is 0 Å². The second-order valence-electron chi connectivity index (χ2n) is 13.0. The molecule has 0 bridgehead atoms. The molecule has 4 N–H and O–H groups in total. The molecule has 0 aliphatic heterocycles. The van der Waals surface area contributed by atoms with E-state index in [4.69, 9.17) is 15.2 Å². The summed E-state index contributed by atoms with van der Waals surface area (Å²) in [5.74, 6) is 1.67.